The maximum Gasteiger partial charge on any atom is 0.277 e. The number of piperazine rings is 1. The molecular weight excluding hydrogens is 380 g/mol. The fraction of sp³-hybridized carbons (Fsp3) is 0.333. The molecule has 2 heterocycles. The standard InChI is InChI=1S/C18H20N6O5/c1-2-21-5-7-22(8-6-21)17-4-3-14(12-19-17)20-18(25)13-9-15(23(26)27)11-16(10-13)24(28)29/h3-4,9-12H,2,5-8H2,1H3,(H,20,25). The number of hydrogen-bond donors (Lipinski definition) is 1. The van der Waals surface area contributed by atoms with Crippen molar-refractivity contribution in [2.24, 2.45) is 0 Å². The van der Waals surface area contributed by atoms with Gasteiger partial charge in [-0.15, -0.1) is 0 Å². The number of nitro benzene ring substituents is 2. The molecular formula is C18H20N6O5. The maximum absolute atomic E-state index is 12.4. The molecule has 1 fully saturated rings. The number of carbonyl (C=O) groups is 1. The van der Waals surface area contributed by atoms with Gasteiger partial charge in [0.05, 0.1) is 33.4 Å². The quantitative estimate of drug-likeness (QED) is 0.576. The van der Waals surface area contributed by atoms with Crippen LogP contribution in [-0.4, -0.2) is 58.4 Å². The first kappa shape index (κ1) is 20.1. The van der Waals surface area contributed by atoms with E-state index < -0.39 is 27.1 Å². The molecule has 1 aromatic carbocycles. The topological polar surface area (TPSA) is 135 Å². The van der Waals surface area contributed by atoms with Gasteiger partial charge < -0.3 is 15.1 Å². The Morgan fingerprint density at radius 3 is 2.17 bits per heavy atom. The lowest BCUT2D eigenvalue weighted by molar-refractivity contribution is -0.394. The number of likely N-dealkylation sites (N-methyl/N-ethyl adjacent to an activating group) is 1. The minimum Gasteiger partial charge on any atom is -0.354 e. The van der Waals surface area contributed by atoms with E-state index in [1.54, 1.807) is 12.1 Å². The van der Waals surface area contributed by atoms with E-state index in [4.69, 9.17) is 0 Å². The van der Waals surface area contributed by atoms with Crippen LogP contribution in [0.4, 0.5) is 22.9 Å². The van der Waals surface area contributed by atoms with E-state index in [2.05, 4.69) is 27.0 Å². The monoisotopic (exact) mass is 400 g/mol. The van der Waals surface area contributed by atoms with Gasteiger partial charge in [-0.1, -0.05) is 6.92 Å². The zero-order valence-corrected chi connectivity index (χ0v) is 15.8. The lowest BCUT2D eigenvalue weighted by Gasteiger charge is -2.34. The third-order valence-electron chi connectivity index (χ3n) is 4.74. The lowest BCUT2D eigenvalue weighted by Crippen LogP contribution is -2.46. The third-order valence-corrected chi connectivity index (χ3v) is 4.74. The van der Waals surface area contributed by atoms with Crippen molar-refractivity contribution in [3.8, 4) is 0 Å². The number of rotatable bonds is 6. The average molecular weight is 400 g/mol. The highest BCUT2D eigenvalue weighted by atomic mass is 16.6. The Kier molecular flexibility index (Phi) is 5.98. The Labute approximate surface area is 166 Å². The van der Waals surface area contributed by atoms with Crippen molar-refractivity contribution in [1.29, 1.82) is 0 Å². The normalized spacial score (nSPS) is 14.4. The molecule has 11 nitrogen and oxygen atoms in total. The number of aromatic nitrogens is 1. The molecule has 1 aliphatic rings. The second kappa shape index (κ2) is 8.61. The molecule has 0 spiro atoms. The molecule has 0 aliphatic carbocycles. The van der Waals surface area contributed by atoms with Gasteiger partial charge in [-0.25, -0.2) is 4.98 Å². The molecule has 152 valence electrons. The number of benzene rings is 1. The van der Waals surface area contributed by atoms with Crippen LogP contribution < -0.4 is 10.2 Å². The van der Waals surface area contributed by atoms with E-state index in [9.17, 15) is 25.0 Å². The number of anilines is 2. The van der Waals surface area contributed by atoms with Crippen molar-refractivity contribution in [3.05, 3.63) is 62.3 Å². The molecule has 1 N–H and O–H groups in total. The summed E-state index contributed by atoms with van der Waals surface area (Å²) in [6.07, 6.45) is 1.49. The van der Waals surface area contributed by atoms with E-state index in [1.165, 1.54) is 6.20 Å². The van der Waals surface area contributed by atoms with Gasteiger partial charge in [-0.3, -0.25) is 25.0 Å². The molecule has 0 saturated carbocycles. The lowest BCUT2D eigenvalue weighted by atomic mass is 10.1. The molecule has 1 saturated heterocycles. The molecule has 29 heavy (non-hydrogen) atoms. The Balaban J connectivity index is 1.71. The molecule has 0 atom stereocenters. The maximum atomic E-state index is 12.4. The summed E-state index contributed by atoms with van der Waals surface area (Å²) < 4.78 is 0. The van der Waals surface area contributed by atoms with Gasteiger partial charge in [0.25, 0.3) is 17.3 Å². The van der Waals surface area contributed by atoms with Crippen molar-refractivity contribution in [2.45, 2.75) is 6.92 Å². The van der Waals surface area contributed by atoms with Crippen LogP contribution in [0.3, 0.4) is 0 Å². The van der Waals surface area contributed by atoms with Crippen molar-refractivity contribution in [3.63, 3.8) is 0 Å². The molecule has 0 radical (unpaired) electrons. The molecule has 1 aromatic heterocycles. The predicted octanol–water partition coefficient (Wildman–Crippen LogP) is 2.29. The number of non-ortho nitro benzene ring substituents is 2. The number of nitrogens with zero attached hydrogens (tertiary/aromatic N) is 5. The molecule has 11 heteroatoms. The van der Waals surface area contributed by atoms with Gasteiger partial charge in [0.15, 0.2) is 0 Å². The van der Waals surface area contributed by atoms with Gasteiger partial charge in [0.2, 0.25) is 0 Å². The highest BCUT2D eigenvalue weighted by molar-refractivity contribution is 6.05. The molecule has 0 bridgehead atoms. The molecule has 1 aliphatic heterocycles. The summed E-state index contributed by atoms with van der Waals surface area (Å²) in [4.78, 5) is 41.7. The van der Waals surface area contributed by atoms with Crippen LogP contribution in [0.5, 0.6) is 0 Å². The number of carbonyl (C=O) groups excluding carboxylic acids is 1. The Morgan fingerprint density at radius 2 is 1.69 bits per heavy atom. The van der Waals surface area contributed by atoms with Crippen LogP contribution in [0.15, 0.2) is 36.5 Å². The van der Waals surface area contributed by atoms with Gasteiger partial charge >= 0.3 is 0 Å². The number of hydrogen-bond acceptors (Lipinski definition) is 8. The predicted molar refractivity (Wildman–Crippen MR) is 106 cm³/mol. The van der Waals surface area contributed by atoms with E-state index in [-0.39, 0.29) is 5.56 Å². The zero-order valence-electron chi connectivity index (χ0n) is 15.8. The van der Waals surface area contributed by atoms with Crippen LogP contribution in [0.2, 0.25) is 0 Å². The third kappa shape index (κ3) is 4.82. The number of pyridine rings is 1. The second-order valence-electron chi connectivity index (χ2n) is 6.53. The molecule has 2 aromatic rings. The van der Waals surface area contributed by atoms with Crippen LogP contribution in [0.25, 0.3) is 0 Å². The van der Waals surface area contributed by atoms with E-state index >= 15 is 0 Å². The minimum absolute atomic E-state index is 0.175. The van der Waals surface area contributed by atoms with E-state index in [0.717, 1.165) is 56.7 Å². The largest absolute Gasteiger partial charge is 0.354 e. The first-order valence-electron chi connectivity index (χ1n) is 9.06. The molecule has 3 rings (SSSR count). The summed E-state index contributed by atoms with van der Waals surface area (Å²) in [6.45, 7) is 6.79. The summed E-state index contributed by atoms with van der Waals surface area (Å²) in [5.41, 5.74) is -0.834. The molecule has 1 amide bonds. The van der Waals surface area contributed by atoms with Crippen LogP contribution in [0, 0.1) is 20.2 Å². The number of nitro groups is 2. The minimum atomic E-state index is -0.779. The fourth-order valence-corrected chi connectivity index (χ4v) is 3.08. The van der Waals surface area contributed by atoms with Crippen molar-refractivity contribution < 1.29 is 14.6 Å². The zero-order chi connectivity index (χ0) is 21.0. The number of nitrogens with one attached hydrogen (secondary N) is 1. The van der Waals surface area contributed by atoms with Crippen LogP contribution in [-0.2, 0) is 0 Å². The summed E-state index contributed by atoms with van der Waals surface area (Å²) in [5.74, 6) is 0.104. The molecule has 0 unspecified atom stereocenters. The average Bonchev–Trinajstić information content (AvgIpc) is 2.74. The smallest absolute Gasteiger partial charge is 0.277 e. The highest BCUT2D eigenvalue weighted by Gasteiger charge is 2.20. The fourth-order valence-electron chi connectivity index (χ4n) is 3.08. The van der Waals surface area contributed by atoms with Crippen LogP contribution >= 0.6 is 0 Å². The van der Waals surface area contributed by atoms with Gasteiger partial charge in [0.1, 0.15) is 5.82 Å². The Hall–Kier alpha value is -3.60. The highest BCUT2D eigenvalue weighted by Crippen LogP contribution is 2.24. The van der Waals surface area contributed by atoms with Crippen LogP contribution in [0.1, 0.15) is 17.3 Å². The second-order valence-corrected chi connectivity index (χ2v) is 6.53. The summed E-state index contributed by atoms with van der Waals surface area (Å²) >= 11 is 0. The number of amides is 1. The van der Waals surface area contributed by atoms with Gasteiger partial charge in [0, 0.05) is 38.3 Å². The Morgan fingerprint density at radius 1 is 1.07 bits per heavy atom. The van der Waals surface area contributed by atoms with E-state index in [1.807, 2.05) is 0 Å². The van der Waals surface area contributed by atoms with Gasteiger partial charge in [-0.05, 0) is 18.7 Å². The van der Waals surface area contributed by atoms with Gasteiger partial charge in [-0.2, -0.15) is 0 Å². The summed E-state index contributed by atoms with van der Waals surface area (Å²) in [6, 6.07) is 6.27. The summed E-state index contributed by atoms with van der Waals surface area (Å²) in [7, 11) is 0. The first-order chi connectivity index (χ1) is 13.9. The Bertz CT molecular complexity index is 893. The summed E-state index contributed by atoms with van der Waals surface area (Å²) in [5, 5.41) is 24.5. The SMILES string of the molecule is CCN1CCN(c2ccc(NC(=O)c3cc([N+](=O)[O-])cc([N+](=O)[O-])c3)cn2)CC1. The van der Waals surface area contributed by atoms with Crippen molar-refractivity contribution in [2.75, 3.05) is 42.9 Å². The van der Waals surface area contributed by atoms with Crippen molar-refractivity contribution in [1.82, 2.24) is 9.88 Å². The first-order valence-corrected chi connectivity index (χ1v) is 9.06. The van der Waals surface area contributed by atoms with Crippen molar-refractivity contribution >= 4 is 28.8 Å². The van der Waals surface area contributed by atoms with E-state index in [0.29, 0.717) is 5.69 Å².